The van der Waals surface area contributed by atoms with E-state index in [0.29, 0.717) is 34.1 Å². The Morgan fingerprint density at radius 2 is 2.26 bits per heavy atom. The summed E-state index contributed by atoms with van der Waals surface area (Å²) in [6, 6.07) is 1.48. The number of carbonyl (C=O) groups is 1. The van der Waals surface area contributed by atoms with Crippen LogP contribution in [-0.2, 0) is 13.0 Å². The highest BCUT2D eigenvalue weighted by atomic mass is 32.1. The SMILES string of the molecule is O=C1N[C@@H](Cn2cccn2)CN2CC(F)(F)Cc3c(-c4cn[nH]c4)sc1c32. The Balaban J connectivity index is 1.58. The molecule has 0 fully saturated rings. The zero-order chi connectivity index (χ0) is 18.6. The van der Waals surface area contributed by atoms with E-state index in [0.717, 1.165) is 5.56 Å². The predicted molar refractivity (Wildman–Crippen MR) is 96.2 cm³/mol. The van der Waals surface area contributed by atoms with Gasteiger partial charge >= 0.3 is 0 Å². The summed E-state index contributed by atoms with van der Waals surface area (Å²) in [5.74, 6) is -3.08. The number of amides is 1. The van der Waals surface area contributed by atoms with Gasteiger partial charge in [-0.25, -0.2) is 8.78 Å². The highest BCUT2D eigenvalue weighted by Crippen LogP contribution is 2.48. The fourth-order valence-corrected chi connectivity index (χ4v) is 5.07. The normalized spacial score (nSPS) is 20.9. The van der Waals surface area contributed by atoms with Crippen LogP contribution in [0.2, 0.25) is 0 Å². The number of alkyl halides is 2. The molecule has 10 heteroatoms. The fourth-order valence-electron chi connectivity index (χ4n) is 3.85. The predicted octanol–water partition coefficient (Wildman–Crippen LogP) is 2.14. The lowest BCUT2D eigenvalue weighted by atomic mass is 9.97. The number of halogens is 2. The van der Waals surface area contributed by atoms with Gasteiger partial charge in [-0.1, -0.05) is 0 Å². The van der Waals surface area contributed by atoms with Crippen molar-refractivity contribution in [3.63, 3.8) is 0 Å². The van der Waals surface area contributed by atoms with Crippen LogP contribution >= 0.6 is 11.3 Å². The number of anilines is 1. The van der Waals surface area contributed by atoms with Crippen LogP contribution in [0, 0.1) is 0 Å². The number of aromatic amines is 1. The average Bonchev–Trinajstić information content (AvgIpc) is 3.31. The van der Waals surface area contributed by atoms with Crippen molar-refractivity contribution in [1.82, 2.24) is 25.3 Å². The Kier molecular flexibility index (Phi) is 3.58. The smallest absolute Gasteiger partial charge is 0.269 e. The number of hydrogen-bond donors (Lipinski definition) is 2. The van der Waals surface area contributed by atoms with E-state index >= 15 is 0 Å². The molecule has 0 aliphatic carbocycles. The molecule has 27 heavy (non-hydrogen) atoms. The minimum atomic E-state index is -2.85. The maximum absolute atomic E-state index is 14.5. The third kappa shape index (κ3) is 2.80. The summed E-state index contributed by atoms with van der Waals surface area (Å²) >= 11 is 1.25. The highest BCUT2D eigenvalue weighted by Gasteiger charge is 2.45. The van der Waals surface area contributed by atoms with Crippen LogP contribution in [0.25, 0.3) is 10.4 Å². The van der Waals surface area contributed by atoms with Crippen molar-refractivity contribution in [2.24, 2.45) is 0 Å². The Labute approximate surface area is 157 Å². The first kappa shape index (κ1) is 16.4. The highest BCUT2D eigenvalue weighted by molar-refractivity contribution is 7.18. The molecule has 0 saturated heterocycles. The first-order chi connectivity index (χ1) is 13.0. The third-order valence-corrected chi connectivity index (χ3v) is 6.13. The number of H-pyrrole nitrogens is 1. The summed E-state index contributed by atoms with van der Waals surface area (Å²) in [7, 11) is 0. The zero-order valence-electron chi connectivity index (χ0n) is 14.2. The molecule has 0 spiro atoms. The molecule has 0 saturated carbocycles. The summed E-state index contributed by atoms with van der Waals surface area (Å²) in [5.41, 5.74) is 1.90. The Morgan fingerprint density at radius 1 is 1.37 bits per heavy atom. The minimum Gasteiger partial charge on any atom is -0.362 e. The van der Waals surface area contributed by atoms with Crippen molar-refractivity contribution in [1.29, 1.82) is 0 Å². The van der Waals surface area contributed by atoms with Crippen LogP contribution in [0.5, 0.6) is 0 Å². The summed E-state index contributed by atoms with van der Waals surface area (Å²) in [6.07, 6.45) is 6.33. The van der Waals surface area contributed by atoms with Crippen molar-refractivity contribution in [2.75, 3.05) is 18.0 Å². The lowest BCUT2D eigenvalue weighted by molar-refractivity contribution is 0.00539. The summed E-state index contributed by atoms with van der Waals surface area (Å²) in [5, 5.41) is 13.8. The van der Waals surface area contributed by atoms with E-state index in [-0.39, 0.29) is 24.9 Å². The second-order valence-corrected chi connectivity index (χ2v) is 7.91. The van der Waals surface area contributed by atoms with Crippen LogP contribution in [-0.4, -0.2) is 50.9 Å². The van der Waals surface area contributed by atoms with Gasteiger partial charge in [0, 0.05) is 47.6 Å². The van der Waals surface area contributed by atoms with E-state index < -0.39 is 5.92 Å². The van der Waals surface area contributed by atoms with E-state index in [1.165, 1.54) is 11.3 Å². The zero-order valence-corrected chi connectivity index (χ0v) is 15.0. The van der Waals surface area contributed by atoms with Crippen LogP contribution in [0.3, 0.4) is 0 Å². The monoisotopic (exact) mass is 390 g/mol. The molecule has 0 bridgehead atoms. The summed E-state index contributed by atoms with van der Waals surface area (Å²) in [6.45, 7) is 0.349. The number of nitrogens with one attached hydrogen (secondary N) is 2. The van der Waals surface area contributed by atoms with Gasteiger partial charge in [0.15, 0.2) is 0 Å². The number of carbonyl (C=O) groups excluding carboxylic acids is 1. The molecule has 1 atom stereocenters. The molecule has 140 valence electrons. The van der Waals surface area contributed by atoms with Gasteiger partial charge in [-0.2, -0.15) is 10.2 Å². The Morgan fingerprint density at radius 3 is 3.00 bits per heavy atom. The first-order valence-corrected chi connectivity index (χ1v) is 9.38. The standard InChI is InChI=1S/C17H16F2N6OS/c18-17(19)4-12-13-15(27-14(12)10-5-20-21-6-10)16(26)23-11(7-24(13)9-17)8-25-3-1-2-22-25/h1-3,5-6,11H,4,7-9H2,(H,20,21)(H,23,26)/t11-/m1/s1. The van der Waals surface area contributed by atoms with Gasteiger partial charge in [0.1, 0.15) is 4.88 Å². The van der Waals surface area contributed by atoms with E-state index in [1.54, 1.807) is 40.4 Å². The van der Waals surface area contributed by atoms with Crippen LogP contribution in [0.15, 0.2) is 30.9 Å². The summed E-state index contributed by atoms with van der Waals surface area (Å²) < 4.78 is 30.8. The topological polar surface area (TPSA) is 78.8 Å². The number of hydrogen-bond acceptors (Lipinski definition) is 5. The van der Waals surface area contributed by atoms with Crippen molar-refractivity contribution < 1.29 is 13.6 Å². The number of thiophene rings is 1. The Bertz CT molecular complexity index is 982. The van der Waals surface area contributed by atoms with Gasteiger partial charge in [0.25, 0.3) is 11.8 Å². The maximum Gasteiger partial charge on any atom is 0.269 e. The van der Waals surface area contributed by atoms with Crippen molar-refractivity contribution >= 4 is 22.9 Å². The molecule has 0 radical (unpaired) electrons. The molecule has 5 heterocycles. The van der Waals surface area contributed by atoms with Gasteiger partial charge in [-0.15, -0.1) is 11.3 Å². The molecule has 0 unspecified atom stereocenters. The molecule has 1 amide bonds. The lowest BCUT2D eigenvalue weighted by Crippen LogP contribution is -2.48. The third-order valence-electron chi connectivity index (χ3n) is 4.86. The van der Waals surface area contributed by atoms with Gasteiger partial charge in [0.2, 0.25) is 0 Å². The lowest BCUT2D eigenvalue weighted by Gasteiger charge is -2.35. The average molecular weight is 390 g/mol. The molecular weight excluding hydrogens is 374 g/mol. The van der Waals surface area contributed by atoms with Gasteiger partial charge < -0.3 is 10.2 Å². The van der Waals surface area contributed by atoms with E-state index in [9.17, 15) is 13.6 Å². The molecule has 7 nitrogen and oxygen atoms in total. The number of rotatable bonds is 3. The maximum atomic E-state index is 14.5. The largest absolute Gasteiger partial charge is 0.362 e. The summed E-state index contributed by atoms with van der Waals surface area (Å²) in [4.78, 5) is 15.7. The van der Waals surface area contributed by atoms with Crippen molar-refractivity contribution in [3.8, 4) is 10.4 Å². The van der Waals surface area contributed by atoms with Crippen molar-refractivity contribution in [2.45, 2.75) is 24.9 Å². The van der Waals surface area contributed by atoms with Gasteiger partial charge in [-0.3, -0.25) is 14.6 Å². The molecule has 3 aromatic rings. The second-order valence-electron chi connectivity index (χ2n) is 6.89. The molecule has 0 aromatic carbocycles. The second kappa shape index (κ2) is 5.88. The van der Waals surface area contributed by atoms with Crippen LogP contribution in [0.4, 0.5) is 14.5 Å². The quantitative estimate of drug-likeness (QED) is 0.718. The van der Waals surface area contributed by atoms with E-state index in [2.05, 4.69) is 20.6 Å². The van der Waals surface area contributed by atoms with Crippen LogP contribution in [0.1, 0.15) is 15.2 Å². The molecule has 2 aliphatic rings. The molecule has 2 N–H and O–H groups in total. The molecule has 2 aliphatic heterocycles. The number of nitrogens with zero attached hydrogens (tertiary/aromatic N) is 4. The molecular formula is C17H16F2N6OS. The minimum absolute atomic E-state index is 0.226. The molecule has 5 rings (SSSR count). The Hall–Kier alpha value is -2.75. The van der Waals surface area contributed by atoms with E-state index in [1.807, 2.05) is 0 Å². The van der Waals surface area contributed by atoms with Crippen LogP contribution < -0.4 is 10.2 Å². The van der Waals surface area contributed by atoms with Crippen molar-refractivity contribution in [3.05, 3.63) is 41.3 Å². The molecule has 3 aromatic heterocycles. The fraction of sp³-hybridized carbons (Fsp3) is 0.353. The van der Waals surface area contributed by atoms with Gasteiger partial charge in [-0.05, 0) is 6.07 Å². The van der Waals surface area contributed by atoms with E-state index in [4.69, 9.17) is 0 Å². The van der Waals surface area contributed by atoms with Gasteiger partial charge in [0.05, 0.1) is 31.0 Å². The number of aromatic nitrogens is 4. The first-order valence-electron chi connectivity index (χ1n) is 8.56.